The fourth-order valence-corrected chi connectivity index (χ4v) is 2.13. The van der Waals surface area contributed by atoms with E-state index < -0.39 is 10.0 Å². The summed E-state index contributed by atoms with van der Waals surface area (Å²) in [6.45, 7) is 4.48. The van der Waals surface area contributed by atoms with E-state index in [-0.39, 0.29) is 5.03 Å². The van der Waals surface area contributed by atoms with E-state index in [2.05, 4.69) is 15.5 Å². The predicted molar refractivity (Wildman–Crippen MR) is 61.4 cm³/mol. The Morgan fingerprint density at radius 2 is 2.12 bits per heavy atom. The third kappa shape index (κ3) is 2.81. The van der Waals surface area contributed by atoms with Crippen molar-refractivity contribution in [2.45, 2.75) is 31.5 Å². The van der Waals surface area contributed by atoms with E-state index in [0.29, 0.717) is 18.2 Å². The minimum Gasteiger partial charge on any atom is -0.310 e. The molecule has 0 radical (unpaired) electrons. The maximum Gasteiger partial charge on any atom is 0.259 e. The molecule has 0 atom stereocenters. The van der Waals surface area contributed by atoms with Crippen molar-refractivity contribution in [3.63, 3.8) is 0 Å². The van der Waals surface area contributed by atoms with Crippen molar-refractivity contribution in [2.75, 3.05) is 14.1 Å². The van der Waals surface area contributed by atoms with E-state index in [1.165, 1.54) is 24.6 Å². The highest BCUT2D eigenvalue weighted by Gasteiger charge is 2.22. The maximum atomic E-state index is 11.9. The van der Waals surface area contributed by atoms with Crippen molar-refractivity contribution in [2.24, 2.45) is 0 Å². The lowest BCUT2D eigenvalue weighted by Crippen LogP contribution is -2.26. The van der Waals surface area contributed by atoms with Gasteiger partial charge in [0, 0.05) is 32.2 Å². The first-order valence-electron chi connectivity index (χ1n) is 5.04. The van der Waals surface area contributed by atoms with E-state index in [4.69, 9.17) is 0 Å². The number of aromatic nitrogens is 2. The lowest BCUT2D eigenvalue weighted by molar-refractivity contribution is 0.512. The van der Waals surface area contributed by atoms with Crippen LogP contribution >= 0.6 is 0 Å². The number of rotatable bonds is 5. The lowest BCUT2D eigenvalue weighted by Gasteiger charge is -2.12. The molecule has 0 aromatic carbocycles. The highest BCUT2D eigenvalue weighted by atomic mass is 32.2. The molecule has 0 amide bonds. The van der Waals surface area contributed by atoms with Crippen LogP contribution in [0.2, 0.25) is 0 Å². The van der Waals surface area contributed by atoms with Crippen LogP contribution in [0, 0.1) is 0 Å². The molecule has 1 rings (SSSR count). The average Bonchev–Trinajstić information content (AvgIpc) is 2.62. The van der Waals surface area contributed by atoms with Gasteiger partial charge in [-0.3, -0.25) is 5.10 Å². The predicted octanol–water partition coefficient (Wildman–Crippen LogP) is 0.158. The van der Waals surface area contributed by atoms with Gasteiger partial charge in [-0.1, -0.05) is 13.8 Å². The van der Waals surface area contributed by atoms with Crippen LogP contribution in [0.3, 0.4) is 0 Å². The van der Waals surface area contributed by atoms with Crippen molar-refractivity contribution < 1.29 is 8.42 Å². The van der Waals surface area contributed by atoms with Gasteiger partial charge in [-0.15, -0.1) is 0 Å². The number of nitrogens with zero attached hydrogens (tertiary/aromatic N) is 2. The summed E-state index contributed by atoms with van der Waals surface area (Å²) in [5, 5.41) is 9.62. The van der Waals surface area contributed by atoms with Gasteiger partial charge in [0.15, 0.2) is 5.03 Å². The summed E-state index contributed by atoms with van der Waals surface area (Å²) >= 11 is 0. The van der Waals surface area contributed by atoms with Crippen LogP contribution in [0.4, 0.5) is 0 Å². The third-order valence-corrected chi connectivity index (χ3v) is 3.95. The highest BCUT2D eigenvalue weighted by Crippen LogP contribution is 2.14. The zero-order valence-corrected chi connectivity index (χ0v) is 10.8. The molecule has 7 heteroatoms. The highest BCUT2D eigenvalue weighted by molar-refractivity contribution is 7.89. The first-order valence-corrected chi connectivity index (χ1v) is 6.48. The molecule has 0 unspecified atom stereocenters. The first-order chi connectivity index (χ1) is 7.35. The normalized spacial score (nSPS) is 12.6. The van der Waals surface area contributed by atoms with Crippen LogP contribution in [-0.2, 0) is 16.6 Å². The molecule has 0 spiro atoms. The molecule has 16 heavy (non-hydrogen) atoms. The van der Waals surface area contributed by atoms with Gasteiger partial charge >= 0.3 is 0 Å². The second-order valence-corrected chi connectivity index (χ2v) is 6.14. The largest absolute Gasteiger partial charge is 0.310 e. The van der Waals surface area contributed by atoms with Crippen molar-refractivity contribution in [3.8, 4) is 0 Å². The third-order valence-electron chi connectivity index (χ3n) is 2.12. The van der Waals surface area contributed by atoms with E-state index in [1.807, 2.05) is 13.8 Å². The van der Waals surface area contributed by atoms with E-state index in [0.717, 1.165) is 0 Å². The van der Waals surface area contributed by atoms with Gasteiger partial charge in [-0.25, -0.2) is 12.7 Å². The summed E-state index contributed by atoms with van der Waals surface area (Å²) in [6.07, 6.45) is 1.53. The van der Waals surface area contributed by atoms with Crippen LogP contribution in [0.15, 0.2) is 11.2 Å². The van der Waals surface area contributed by atoms with E-state index in [1.54, 1.807) is 0 Å². The monoisotopic (exact) mass is 246 g/mol. The summed E-state index contributed by atoms with van der Waals surface area (Å²) in [6, 6.07) is 0.296. The maximum absolute atomic E-state index is 11.9. The summed E-state index contributed by atoms with van der Waals surface area (Å²) in [5.74, 6) is 0. The van der Waals surface area contributed by atoms with E-state index >= 15 is 0 Å². The number of H-pyrrole nitrogens is 1. The van der Waals surface area contributed by atoms with Crippen LogP contribution in [-0.4, -0.2) is 43.1 Å². The summed E-state index contributed by atoms with van der Waals surface area (Å²) in [7, 11) is -0.445. The molecule has 0 saturated heterocycles. The molecular weight excluding hydrogens is 228 g/mol. The van der Waals surface area contributed by atoms with Gasteiger partial charge in [-0.2, -0.15) is 5.10 Å². The van der Waals surface area contributed by atoms with Crippen molar-refractivity contribution >= 4 is 10.0 Å². The molecule has 1 aromatic heterocycles. The quantitative estimate of drug-likeness (QED) is 0.775. The summed E-state index contributed by atoms with van der Waals surface area (Å²) in [4.78, 5) is 0. The Balaban J connectivity index is 2.95. The molecule has 0 fully saturated rings. The van der Waals surface area contributed by atoms with E-state index in [9.17, 15) is 8.42 Å². The van der Waals surface area contributed by atoms with Crippen LogP contribution in [0.5, 0.6) is 0 Å². The molecule has 6 nitrogen and oxygen atoms in total. The topological polar surface area (TPSA) is 78.1 Å². The van der Waals surface area contributed by atoms with Crippen LogP contribution < -0.4 is 5.32 Å². The van der Waals surface area contributed by atoms with Gasteiger partial charge in [-0.05, 0) is 0 Å². The molecule has 1 heterocycles. The molecule has 2 N–H and O–H groups in total. The van der Waals surface area contributed by atoms with Crippen LogP contribution in [0.1, 0.15) is 19.4 Å². The minimum atomic E-state index is -3.44. The molecule has 0 aliphatic heterocycles. The Kier molecular flexibility index (Phi) is 4.06. The van der Waals surface area contributed by atoms with Crippen molar-refractivity contribution in [1.29, 1.82) is 0 Å². The number of aromatic amines is 1. The van der Waals surface area contributed by atoms with Gasteiger partial charge in [0.1, 0.15) is 0 Å². The van der Waals surface area contributed by atoms with Crippen molar-refractivity contribution in [1.82, 2.24) is 19.8 Å². The number of hydrogen-bond acceptors (Lipinski definition) is 4. The van der Waals surface area contributed by atoms with Crippen LogP contribution in [0.25, 0.3) is 0 Å². The fraction of sp³-hybridized carbons (Fsp3) is 0.667. The van der Waals surface area contributed by atoms with Gasteiger partial charge in [0.2, 0.25) is 0 Å². The second-order valence-electron chi connectivity index (χ2n) is 4.05. The number of nitrogens with one attached hydrogen (secondary N) is 2. The number of hydrogen-bond donors (Lipinski definition) is 2. The smallest absolute Gasteiger partial charge is 0.259 e. The molecular formula is C9H18N4O2S. The first kappa shape index (κ1) is 13.1. The zero-order chi connectivity index (χ0) is 12.3. The molecule has 1 aromatic rings. The molecule has 0 bridgehead atoms. The lowest BCUT2D eigenvalue weighted by atomic mass is 10.3. The summed E-state index contributed by atoms with van der Waals surface area (Å²) < 4.78 is 24.9. The minimum absolute atomic E-state index is 0.158. The standard InChI is InChI=1S/C9H18N4O2S/c1-7(2)10-5-8-6-11-12-9(8)16(14,15)13(3)4/h6-7,10H,5H2,1-4H3,(H,11,12). The molecule has 0 aliphatic rings. The average molecular weight is 246 g/mol. The fourth-order valence-electron chi connectivity index (χ4n) is 1.15. The number of sulfonamides is 1. The Hall–Kier alpha value is -0.920. The van der Waals surface area contributed by atoms with Gasteiger partial charge in [0.05, 0.1) is 6.20 Å². The Morgan fingerprint density at radius 1 is 1.50 bits per heavy atom. The van der Waals surface area contributed by atoms with Crippen molar-refractivity contribution in [3.05, 3.63) is 11.8 Å². The molecule has 92 valence electrons. The Labute approximate surface area is 96.1 Å². The Morgan fingerprint density at radius 3 is 2.62 bits per heavy atom. The molecule has 0 aliphatic carbocycles. The zero-order valence-electron chi connectivity index (χ0n) is 9.98. The SMILES string of the molecule is CC(C)NCc1cn[nH]c1S(=O)(=O)N(C)C. The Bertz CT molecular complexity index is 436. The summed E-state index contributed by atoms with van der Waals surface area (Å²) in [5.41, 5.74) is 0.655. The molecule has 0 saturated carbocycles. The second kappa shape index (κ2) is 4.94. The van der Waals surface area contributed by atoms with Gasteiger partial charge < -0.3 is 5.32 Å². The van der Waals surface area contributed by atoms with Gasteiger partial charge in [0.25, 0.3) is 10.0 Å².